The molecule has 130 heavy (non-hydrogen) atoms. The molecule has 1 unspecified atom stereocenters. The van der Waals surface area contributed by atoms with E-state index in [-0.39, 0.29) is 73.9 Å². The van der Waals surface area contributed by atoms with Crippen LogP contribution in [0, 0.1) is 11.8 Å². The third-order valence-electron chi connectivity index (χ3n) is 21.6. The van der Waals surface area contributed by atoms with E-state index in [2.05, 4.69) is 66.7 Å². The Bertz CT molecular complexity index is 5040. The fourth-order valence-corrected chi connectivity index (χ4v) is 15.3. The van der Waals surface area contributed by atoms with Gasteiger partial charge in [-0.25, -0.2) is 0 Å². The summed E-state index contributed by atoms with van der Waals surface area (Å²) in [5.74, 6) is -14.0. The highest BCUT2D eigenvalue weighted by molar-refractivity contribution is 7.99. The van der Waals surface area contributed by atoms with Crippen LogP contribution in [0.4, 0.5) is 0 Å². The highest BCUT2D eigenvalue weighted by Crippen LogP contribution is 2.25. The van der Waals surface area contributed by atoms with Crippen LogP contribution in [0.25, 0.3) is 10.9 Å². The van der Waals surface area contributed by atoms with Crippen molar-refractivity contribution in [3.63, 3.8) is 0 Å². The van der Waals surface area contributed by atoms with Gasteiger partial charge < -0.3 is 103 Å². The molecule has 0 saturated heterocycles. The topological polar surface area (TPSA) is 520 Å². The molecule has 6 aromatic carbocycles. The van der Waals surface area contributed by atoms with E-state index in [1.807, 2.05) is 13.0 Å². The summed E-state index contributed by atoms with van der Waals surface area (Å²) in [6, 6.07) is 28.5. The summed E-state index contributed by atoms with van der Waals surface area (Å²) in [7, 11) is 6.61. The molecule has 0 bridgehead atoms. The zero-order valence-electron chi connectivity index (χ0n) is 74.7. The Kier molecular flexibility index (Phi) is 40.7. The number of aromatic nitrogens is 1. The second kappa shape index (κ2) is 51.2. The third-order valence-corrected chi connectivity index (χ3v) is 22.6. The smallest absolute Gasteiger partial charge is 0.305 e. The molecule has 0 aliphatic heterocycles. The number of nitrogens with two attached hydrogens (primary N) is 1. The first-order valence-corrected chi connectivity index (χ1v) is 43.9. The number of hydrogen-bond acceptors (Lipinski definition) is 20. The SMILES string of the molecule is CCCC[C@@H](C(=O)N(C)CC(=O)NC(CC(=O)O)C(=O)N[C@H](C(=O)N(C)[C@@H](Cc1ccccc1)C(=O)N[C@@H](Cc1ccc(O)cc1)C(=O)N(C)CC(=O)N[C@@H](Cc1c[nH]c2ccccc12)C(=O)N[C@@H](Cc1ccc(O)cc1)C(=O)NCC(=O)NCC(=O)NCC(N)=O)C(C)C)N(C)C(=O)[C@H](Cc1ccc(O)cc1)N(C)C(=O)[C@H](Cc1ccccc1)NC(=O)CSCCC(C)C. The van der Waals surface area contributed by atoms with Crippen molar-refractivity contribution in [3.05, 3.63) is 197 Å². The van der Waals surface area contributed by atoms with Crippen LogP contribution in [0.1, 0.15) is 100 Å². The van der Waals surface area contributed by atoms with Crippen molar-refractivity contribution in [2.24, 2.45) is 17.6 Å². The number of amides is 15. The van der Waals surface area contributed by atoms with Gasteiger partial charge in [-0.1, -0.05) is 163 Å². The summed E-state index contributed by atoms with van der Waals surface area (Å²) in [6.07, 6.45) is 1.46. The Balaban J connectivity index is 1.09. The quantitative estimate of drug-likeness (QED) is 0.0243. The number of nitrogens with zero attached hydrogens (tertiary/aromatic N) is 5. The first-order valence-electron chi connectivity index (χ1n) is 42.7. The molecular weight excluding hydrogens is 1690 g/mol. The Morgan fingerprint density at radius 3 is 1.38 bits per heavy atom. The summed E-state index contributed by atoms with van der Waals surface area (Å²) >= 11 is 1.43. The minimum absolute atomic E-state index is 0.0604. The van der Waals surface area contributed by atoms with Gasteiger partial charge in [-0.2, -0.15) is 11.8 Å². The standard InChI is InChI=1S/C93H120N16O20S/c1-11-12-27-74(107(8)92(128)76(46-62-32-38-66(112)39-33-62)109(10)90(126)73(43-58-21-15-13-16-22-58)101-82(118)55-130-41-40-56(2)3)91(127)106(7)54-81(117)100-71(48-83(119)120)87(123)104-84(57(4)5)93(129)108(9)75(45-59-23-17-14-18-24-59)88(124)103-72(44-61-30-36-65(111)37-31-61)89(125)105(6)53-80(116)99-70(47-63-49-95-68-26-20-19-25-67(63)68)86(122)102-69(42-60-28-34-64(110)35-29-60)85(121)98-52-79(115)97-51-78(114)96-50-77(94)113/h13-26,28-39,49,56-57,69-76,84,95,110-112H,11-12,27,40-48,50-55H2,1-10H3,(H2,94,113)(H,96,114)(H,97,115)(H,98,121)(H,99,116)(H,100,117)(H,101,118)(H,102,122)(H,103,124)(H,104,123)(H,119,120)/t69-,70-,71?,72-,73-,74-,75-,76-,84-/m0/s1. The highest BCUT2D eigenvalue weighted by atomic mass is 32.2. The molecule has 7 aromatic rings. The van der Waals surface area contributed by atoms with E-state index >= 15 is 19.2 Å². The first-order chi connectivity index (χ1) is 61.8. The number of hydrogen-bond donors (Lipinski definition) is 15. The van der Waals surface area contributed by atoms with Gasteiger partial charge in [0.25, 0.3) is 0 Å². The number of likely N-dealkylation sites (N-methyl/N-ethyl adjacent to an activating group) is 5. The fourth-order valence-electron chi connectivity index (χ4n) is 14.2. The van der Waals surface area contributed by atoms with Crippen LogP contribution in [-0.4, -0.2) is 278 Å². The summed E-state index contributed by atoms with van der Waals surface area (Å²) in [5.41, 5.74) is 8.89. The van der Waals surface area contributed by atoms with Gasteiger partial charge in [0.05, 0.1) is 44.9 Å². The molecule has 0 saturated carbocycles. The molecule has 0 spiro atoms. The number of thioether (sulfide) groups is 1. The number of rotatable bonds is 51. The molecule has 0 aliphatic carbocycles. The second-order valence-corrected chi connectivity index (χ2v) is 33.9. The maximum absolute atomic E-state index is 15.4. The van der Waals surface area contributed by atoms with Gasteiger partial charge >= 0.3 is 5.97 Å². The number of aromatic amines is 1. The van der Waals surface area contributed by atoms with Crippen molar-refractivity contribution in [2.45, 2.75) is 160 Å². The molecule has 1 heterocycles. The number of carboxylic acids is 1. The lowest BCUT2D eigenvalue weighted by Crippen LogP contribution is -2.61. The van der Waals surface area contributed by atoms with E-state index in [1.165, 1.54) is 117 Å². The van der Waals surface area contributed by atoms with Crippen LogP contribution in [0.2, 0.25) is 0 Å². The predicted molar refractivity (Wildman–Crippen MR) is 486 cm³/mol. The number of para-hydroxylation sites is 1. The second-order valence-electron chi connectivity index (χ2n) is 32.8. The lowest BCUT2D eigenvalue weighted by Gasteiger charge is -2.37. The van der Waals surface area contributed by atoms with Crippen LogP contribution >= 0.6 is 11.8 Å². The number of carboxylic acid groups (broad SMARTS) is 1. The van der Waals surface area contributed by atoms with Gasteiger partial charge in [0, 0.05) is 90.9 Å². The molecule has 7 rings (SSSR count). The molecule has 1 aromatic heterocycles. The molecular formula is C93H120N16O20S. The van der Waals surface area contributed by atoms with Crippen molar-refractivity contribution < 1.29 is 97.1 Å². The number of H-pyrrole nitrogens is 1. The number of carbonyl (C=O) groups excluding carboxylic acids is 15. The average Bonchev–Trinajstić information content (AvgIpc) is 1.55. The molecule has 16 N–H and O–H groups in total. The maximum atomic E-state index is 15.4. The number of unbranched alkanes of at least 4 members (excludes halogenated alkanes) is 1. The van der Waals surface area contributed by atoms with Crippen molar-refractivity contribution in [1.29, 1.82) is 0 Å². The molecule has 0 radical (unpaired) electrons. The molecule has 0 fully saturated rings. The van der Waals surface area contributed by atoms with E-state index in [4.69, 9.17) is 5.73 Å². The van der Waals surface area contributed by atoms with Gasteiger partial charge in [0.1, 0.15) is 71.6 Å². The lowest BCUT2D eigenvalue weighted by molar-refractivity contribution is -0.151. The number of aromatic hydroxyl groups is 3. The van der Waals surface area contributed by atoms with E-state index in [0.717, 1.165) is 26.7 Å². The molecule has 37 heteroatoms. The summed E-state index contributed by atoms with van der Waals surface area (Å²) in [6.45, 7) is 5.77. The monoisotopic (exact) mass is 1810 g/mol. The maximum Gasteiger partial charge on any atom is 0.305 e. The average molecular weight is 1810 g/mol. The van der Waals surface area contributed by atoms with Gasteiger partial charge in [0.2, 0.25) is 88.6 Å². The Morgan fingerprint density at radius 1 is 0.408 bits per heavy atom. The zero-order valence-corrected chi connectivity index (χ0v) is 75.5. The Hall–Kier alpha value is -13.9. The minimum atomic E-state index is -1.91. The number of aliphatic carboxylic acids is 1. The minimum Gasteiger partial charge on any atom is -0.508 e. The van der Waals surface area contributed by atoms with Crippen molar-refractivity contribution in [2.75, 3.05) is 79.5 Å². The van der Waals surface area contributed by atoms with Crippen molar-refractivity contribution in [3.8, 4) is 17.2 Å². The Morgan fingerprint density at radius 2 is 0.846 bits per heavy atom. The van der Waals surface area contributed by atoms with Gasteiger partial charge in [-0.05, 0) is 106 Å². The molecule has 0 aliphatic rings. The normalized spacial score (nSPS) is 13.2. The number of benzene rings is 6. The highest BCUT2D eigenvalue weighted by Gasteiger charge is 2.42. The molecule has 15 amide bonds. The van der Waals surface area contributed by atoms with E-state index in [0.29, 0.717) is 63.2 Å². The van der Waals surface area contributed by atoms with Crippen LogP contribution in [0.5, 0.6) is 17.2 Å². The fraction of sp³-hybridized carbons (Fsp3) is 0.419. The first kappa shape index (κ1) is 103. The number of nitrogens with one attached hydrogen (secondary N) is 10. The van der Waals surface area contributed by atoms with Gasteiger partial charge in [0.15, 0.2) is 0 Å². The number of fused-ring (bicyclic) bond motifs is 1. The molecule has 9 atom stereocenters. The predicted octanol–water partition coefficient (Wildman–Crippen LogP) is 2.28. The molecule has 36 nitrogen and oxygen atoms in total. The number of primary amides is 1. The Labute approximate surface area is 759 Å². The largest absolute Gasteiger partial charge is 0.508 e. The van der Waals surface area contributed by atoms with E-state index < -0.39 is 188 Å². The number of phenolic OH excluding ortho intramolecular Hbond substituents is 3. The number of carbonyl (C=O) groups is 16. The van der Waals surface area contributed by atoms with Crippen LogP contribution in [-0.2, 0) is 115 Å². The van der Waals surface area contributed by atoms with Crippen LogP contribution in [0.15, 0.2) is 164 Å². The van der Waals surface area contributed by atoms with E-state index in [1.54, 1.807) is 111 Å². The van der Waals surface area contributed by atoms with Gasteiger partial charge in [-0.3, -0.25) is 76.7 Å². The lowest BCUT2D eigenvalue weighted by atomic mass is 9.98. The van der Waals surface area contributed by atoms with Crippen LogP contribution in [0.3, 0.4) is 0 Å². The number of phenols is 3. The van der Waals surface area contributed by atoms with E-state index in [9.17, 15) is 78.0 Å². The van der Waals surface area contributed by atoms with Gasteiger partial charge in [-0.15, -0.1) is 0 Å². The van der Waals surface area contributed by atoms with Crippen molar-refractivity contribution >= 4 is 117 Å². The van der Waals surface area contributed by atoms with Crippen molar-refractivity contribution in [1.82, 2.24) is 77.3 Å². The molecule has 698 valence electrons. The third kappa shape index (κ3) is 33.1. The van der Waals surface area contributed by atoms with Crippen LogP contribution < -0.4 is 53.6 Å². The summed E-state index contributed by atoms with van der Waals surface area (Å²) in [4.78, 5) is 234. The zero-order chi connectivity index (χ0) is 95.4. The summed E-state index contributed by atoms with van der Waals surface area (Å²) in [5, 5.41) is 64.6. The summed E-state index contributed by atoms with van der Waals surface area (Å²) < 4.78 is 0.